The minimum atomic E-state index is -0.178. The summed E-state index contributed by atoms with van der Waals surface area (Å²) >= 11 is 0. The molecule has 0 amide bonds. The maximum Gasteiger partial charge on any atom is 0.309 e. The summed E-state index contributed by atoms with van der Waals surface area (Å²) in [6.07, 6.45) is 4.38. The molecule has 1 saturated carbocycles. The molecule has 0 bridgehead atoms. The van der Waals surface area contributed by atoms with Crippen LogP contribution < -0.4 is 0 Å². The van der Waals surface area contributed by atoms with E-state index in [0.29, 0.717) is 25.7 Å². The molecule has 0 heterocycles. The van der Waals surface area contributed by atoms with Gasteiger partial charge < -0.3 is 9.47 Å². The third-order valence-electron chi connectivity index (χ3n) is 2.94. The molecule has 90 valence electrons. The Morgan fingerprint density at radius 1 is 1.19 bits per heavy atom. The summed E-state index contributed by atoms with van der Waals surface area (Å²) in [6.45, 7) is 3.75. The van der Waals surface area contributed by atoms with Gasteiger partial charge in [0, 0.05) is 0 Å². The van der Waals surface area contributed by atoms with Crippen molar-refractivity contribution < 1.29 is 19.1 Å². The Labute approximate surface area is 95.6 Å². The van der Waals surface area contributed by atoms with Crippen LogP contribution in [0.4, 0.5) is 0 Å². The molecule has 0 aromatic rings. The molecule has 4 nitrogen and oxygen atoms in total. The van der Waals surface area contributed by atoms with E-state index in [2.05, 4.69) is 11.3 Å². The van der Waals surface area contributed by atoms with E-state index in [4.69, 9.17) is 4.74 Å². The molecular formula is C12H18O4. The normalized spacial score (nSPS) is 24.6. The molecule has 0 atom stereocenters. The predicted octanol–water partition coefficient (Wildman–Crippen LogP) is 1.70. The molecule has 16 heavy (non-hydrogen) atoms. The fraction of sp³-hybridized carbons (Fsp3) is 0.667. The van der Waals surface area contributed by atoms with E-state index in [1.54, 1.807) is 6.08 Å². The van der Waals surface area contributed by atoms with Gasteiger partial charge in [0.1, 0.15) is 6.61 Å². The minimum absolute atomic E-state index is 0.0477. The molecule has 1 rings (SSSR count). The second kappa shape index (κ2) is 6.30. The zero-order chi connectivity index (χ0) is 12.0. The van der Waals surface area contributed by atoms with Gasteiger partial charge in [-0.1, -0.05) is 12.7 Å². The first-order valence-corrected chi connectivity index (χ1v) is 5.54. The Bertz CT molecular complexity index is 264. The van der Waals surface area contributed by atoms with Gasteiger partial charge in [0.15, 0.2) is 0 Å². The molecule has 0 radical (unpaired) electrons. The van der Waals surface area contributed by atoms with Crippen LogP contribution in [0.3, 0.4) is 0 Å². The zero-order valence-electron chi connectivity index (χ0n) is 9.61. The third kappa shape index (κ3) is 3.36. The maximum atomic E-state index is 11.5. The van der Waals surface area contributed by atoms with Crippen LogP contribution in [0, 0.1) is 11.8 Å². The van der Waals surface area contributed by atoms with Gasteiger partial charge in [-0.2, -0.15) is 0 Å². The number of carbonyl (C=O) groups is 2. The van der Waals surface area contributed by atoms with Gasteiger partial charge in [0.2, 0.25) is 0 Å². The highest BCUT2D eigenvalue weighted by Gasteiger charge is 2.30. The molecule has 0 N–H and O–H groups in total. The molecule has 1 aliphatic rings. The summed E-state index contributed by atoms with van der Waals surface area (Å²) < 4.78 is 9.66. The molecule has 1 aliphatic carbocycles. The van der Waals surface area contributed by atoms with Crippen molar-refractivity contribution in [2.24, 2.45) is 11.8 Å². The summed E-state index contributed by atoms with van der Waals surface area (Å²) in [4.78, 5) is 22.8. The second-order valence-electron chi connectivity index (χ2n) is 3.99. The van der Waals surface area contributed by atoms with E-state index in [0.717, 1.165) is 0 Å². The highest BCUT2D eigenvalue weighted by atomic mass is 16.5. The Hall–Kier alpha value is -1.32. The van der Waals surface area contributed by atoms with Gasteiger partial charge in [-0.25, -0.2) is 0 Å². The lowest BCUT2D eigenvalue weighted by Crippen LogP contribution is -2.27. The van der Waals surface area contributed by atoms with Gasteiger partial charge in [-0.3, -0.25) is 9.59 Å². The van der Waals surface area contributed by atoms with E-state index in [1.165, 1.54) is 7.11 Å². The average Bonchev–Trinajstić information content (AvgIpc) is 2.35. The molecule has 4 heteroatoms. The Kier molecular flexibility index (Phi) is 5.02. The lowest BCUT2D eigenvalue weighted by atomic mass is 9.82. The lowest BCUT2D eigenvalue weighted by molar-refractivity contribution is -0.153. The van der Waals surface area contributed by atoms with Crippen molar-refractivity contribution in [3.05, 3.63) is 12.7 Å². The summed E-state index contributed by atoms with van der Waals surface area (Å²) in [7, 11) is 1.40. The van der Waals surface area contributed by atoms with Crippen LogP contribution in [0.5, 0.6) is 0 Å². The maximum absolute atomic E-state index is 11.5. The fourth-order valence-corrected chi connectivity index (χ4v) is 1.99. The number of hydrogen-bond donors (Lipinski definition) is 0. The number of carbonyl (C=O) groups excluding carboxylic acids is 2. The van der Waals surface area contributed by atoms with Crippen molar-refractivity contribution in [1.29, 1.82) is 0 Å². The van der Waals surface area contributed by atoms with Crippen LogP contribution in [0.15, 0.2) is 12.7 Å². The van der Waals surface area contributed by atoms with Crippen molar-refractivity contribution in [2.75, 3.05) is 13.7 Å². The molecule has 0 aromatic heterocycles. The van der Waals surface area contributed by atoms with Crippen molar-refractivity contribution in [2.45, 2.75) is 25.7 Å². The first-order chi connectivity index (χ1) is 7.69. The van der Waals surface area contributed by atoms with E-state index in [-0.39, 0.29) is 30.4 Å². The van der Waals surface area contributed by atoms with Crippen LogP contribution >= 0.6 is 0 Å². The molecule has 0 aliphatic heterocycles. The number of methoxy groups -OCH3 is 1. The summed E-state index contributed by atoms with van der Waals surface area (Å²) in [5.41, 5.74) is 0. The largest absolute Gasteiger partial charge is 0.469 e. The molecule has 0 unspecified atom stereocenters. The second-order valence-corrected chi connectivity index (χ2v) is 3.99. The standard InChI is InChI=1S/C12H18O4/c1-3-8-16-12(14)10-6-4-9(5-7-10)11(13)15-2/h3,9-10H,1,4-8H2,2H3. The van der Waals surface area contributed by atoms with Crippen molar-refractivity contribution >= 4 is 11.9 Å². The smallest absolute Gasteiger partial charge is 0.309 e. The summed E-state index contributed by atoms with van der Waals surface area (Å²) in [5.74, 6) is -0.463. The van der Waals surface area contributed by atoms with Gasteiger partial charge in [0.05, 0.1) is 18.9 Å². The topological polar surface area (TPSA) is 52.6 Å². The van der Waals surface area contributed by atoms with Crippen LogP contribution in [0.25, 0.3) is 0 Å². The van der Waals surface area contributed by atoms with Crippen LogP contribution in [-0.4, -0.2) is 25.7 Å². The van der Waals surface area contributed by atoms with Crippen molar-refractivity contribution in [1.82, 2.24) is 0 Å². The first-order valence-electron chi connectivity index (χ1n) is 5.54. The fourth-order valence-electron chi connectivity index (χ4n) is 1.99. The molecule has 0 spiro atoms. The summed E-state index contributed by atoms with van der Waals surface area (Å²) in [6, 6.07) is 0. The first kappa shape index (κ1) is 12.7. The number of rotatable bonds is 4. The Morgan fingerprint density at radius 2 is 1.69 bits per heavy atom. The minimum Gasteiger partial charge on any atom is -0.469 e. The van der Waals surface area contributed by atoms with Crippen LogP contribution in [0.2, 0.25) is 0 Å². The third-order valence-corrected chi connectivity index (χ3v) is 2.94. The number of ether oxygens (including phenoxy) is 2. The van der Waals surface area contributed by atoms with Gasteiger partial charge >= 0.3 is 11.9 Å². The number of esters is 2. The van der Waals surface area contributed by atoms with E-state index < -0.39 is 0 Å². The summed E-state index contributed by atoms with van der Waals surface area (Å²) in [5, 5.41) is 0. The quantitative estimate of drug-likeness (QED) is 0.540. The molecular weight excluding hydrogens is 208 g/mol. The van der Waals surface area contributed by atoms with Crippen LogP contribution in [-0.2, 0) is 19.1 Å². The molecule has 1 fully saturated rings. The van der Waals surface area contributed by atoms with Gasteiger partial charge in [-0.15, -0.1) is 0 Å². The van der Waals surface area contributed by atoms with Crippen molar-refractivity contribution in [3.8, 4) is 0 Å². The average molecular weight is 226 g/mol. The zero-order valence-corrected chi connectivity index (χ0v) is 9.61. The van der Waals surface area contributed by atoms with Gasteiger partial charge in [0.25, 0.3) is 0 Å². The molecule has 0 aromatic carbocycles. The lowest BCUT2D eigenvalue weighted by Gasteiger charge is -2.25. The SMILES string of the molecule is C=CCOC(=O)C1CCC(C(=O)OC)CC1. The van der Waals surface area contributed by atoms with E-state index in [9.17, 15) is 9.59 Å². The van der Waals surface area contributed by atoms with Crippen molar-refractivity contribution in [3.63, 3.8) is 0 Å². The Morgan fingerprint density at radius 3 is 2.12 bits per heavy atom. The van der Waals surface area contributed by atoms with E-state index >= 15 is 0 Å². The monoisotopic (exact) mass is 226 g/mol. The highest BCUT2D eigenvalue weighted by molar-refractivity contribution is 5.75. The van der Waals surface area contributed by atoms with Gasteiger partial charge in [-0.05, 0) is 25.7 Å². The predicted molar refractivity (Wildman–Crippen MR) is 58.6 cm³/mol. The van der Waals surface area contributed by atoms with E-state index in [1.807, 2.05) is 0 Å². The highest BCUT2D eigenvalue weighted by Crippen LogP contribution is 2.30. The molecule has 0 saturated heterocycles. The Balaban J connectivity index is 2.33. The van der Waals surface area contributed by atoms with Crippen LogP contribution in [0.1, 0.15) is 25.7 Å². The number of hydrogen-bond acceptors (Lipinski definition) is 4.